The van der Waals surface area contributed by atoms with Crippen LogP contribution >= 0.6 is 11.8 Å². The molecule has 72 valence electrons. The van der Waals surface area contributed by atoms with Gasteiger partial charge in [0.1, 0.15) is 0 Å². The molecule has 6 heteroatoms. The van der Waals surface area contributed by atoms with Crippen LogP contribution in [-0.2, 0) is 11.9 Å². The summed E-state index contributed by atoms with van der Waals surface area (Å²) >= 11 is 1.51. The van der Waals surface area contributed by atoms with Gasteiger partial charge >= 0.3 is 6.18 Å². The van der Waals surface area contributed by atoms with Crippen molar-refractivity contribution in [2.24, 2.45) is 0 Å². The van der Waals surface area contributed by atoms with Crippen LogP contribution in [-0.4, -0.2) is 16.2 Å². The summed E-state index contributed by atoms with van der Waals surface area (Å²) in [6, 6.07) is 0. The first-order valence-corrected chi connectivity index (χ1v) is 4.80. The van der Waals surface area contributed by atoms with Gasteiger partial charge in [0, 0.05) is 18.1 Å². The minimum atomic E-state index is -4.45. The highest BCUT2D eigenvalue weighted by Gasteiger charge is 2.34. The van der Waals surface area contributed by atoms with Crippen molar-refractivity contribution in [1.82, 2.24) is 9.97 Å². The number of hydrogen-bond donors (Lipinski definition) is 0. The fourth-order valence-corrected chi connectivity index (χ4v) is 1.22. The monoisotopic (exact) mass is 208 g/mol. The van der Waals surface area contributed by atoms with Crippen LogP contribution in [0.3, 0.4) is 0 Å². The Hall–Kier alpha value is -0.780. The maximum Gasteiger partial charge on any atom is 0.451 e. The summed E-state index contributed by atoms with van der Waals surface area (Å²) in [5.41, 5.74) is 0.695. The SMILES string of the molecule is CSCc1cnc(C(F)(F)F)nc1. The molecule has 1 aromatic heterocycles. The average molecular weight is 208 g/mol. The van der Waals surface area contributed by atoms with Crippen LogP contribution in [0.15, 0.2) is 12.4 Å². The van der Waals surface area contributed by atoms with E-state index in [4.69, 9.17) is 0 Å². The van der Waals surface area contributed by atoms with Crippen LogP contribution < -0.4 is 0 Å². The van der Waals surface area contributed by atoms with Gasteiger partial charge in [-0.1, -0.05) is 0 Å². The molecule has 0 atom stereocenters. The van der Waals surface area contributed by atoms with E-state index in [0.717, 1.165) is 0 Å². The second-order valence-corrected chi connectivity index (χ2v) is 3.21. The molecule has 1 rings (SSSR count). The number of aromatic nitrogens is 2. The first-order chi connectivity index (χ1) is 6.04. The zero-order valence-corrected chi connectivity index (χ0v) is 7.61. The number of nitrogens with zero attached hydrogens (tertiary/aromatic N) is 2. The predicted octanol–water partition coefficient (Wildman–Crippen LogP) is 2.36. The molecule has 1 heterocycles. The molecule has 0 spiro atoms. The lowest BCUT2D eigenvalue weighted by atomic mass is 10.4. The summed E-state index contributed by atoms with van der Waals surface area (Å²) in [7, 11) is 0. The van der Waals surface area contributed by atoms with E-state index in [0.29, 0.717) is 11.3 Å². The lowest BCUT2D eigenvalue weighted by molar-refractivity contribution is -0.145. The van der Waals surface area contributed by atoms with Crippen LogP contribution in [0.1, 0.15) is 11.4 Å². The Balaban J connectivity index is 2.81. The molecular formula is C7H7F3N2S. The molecule has 0 aromatic carbocycles. The molecule has 0 amide bonds. The van der Waals surface area contributed by atoms with Crippen LogP contribution in [0.25, 0.3) is 0 Å². The number of alkyl halides is 3. The highest BCUT2D eigenvalue weighted by molar-refractivity contribution is 7.97. The van der Waals surface area contributed by atoms with Crippen molar-refractivity contribution in [3.8, 4) is 0 Å². The van der Waals surface area contributed by atoms with Gasteiger partial charge in [0.25, 0.3) is 0 Å². The fourth-order valence-electron chi connectivity index (χ4n) is 0.742. The van der Waals surface area contributed by atoms with Crippen molar-refractivity contribution >= 4 is 11.8 Å². The van der Waals surface area contributed by atoms with Crippen molar-refractivity contribution in [2.45, 2.75) is 11.9 Å². The summed E-state index contributed by atoms with van der Waals surface area (Å²) in [6.07, 6.45) is -0.186. The summed E-state index contributed by atoms with van der Waals surface area (Å²) in [5, 5.41) is 0. The maximum atomic E-state index is 12.0. The van der Waals surface area contributed by atoms with Crippen molar-refractivity contribution in [1.29, 1.82) is 0 Å². The summed E-state index contributed by atoms with van der Waals surface area (Å²) in [6.45, 7) is 0. The summed E-state index contributed by atoms with van der Waals surface area (Å²) < 4.78 is 35.9. The van der Waals surface area contributed by atoms with Crippen molar-refractivity contribution in [3.63, 3.8) is 0 Å². The number of hydrogen-bond acceptors (Lipinski definition) is 3. The molecule has 13 heavy (non-hydrogen) atoms. The maximum absolute atomic E-state index is 12.0. The lowest BCUT2D eigenvalue weighted by Gasteiger charge is -2.04. The molecule has 0 N–H and O–H groups in total. The van der Waals surface area contributed by atoms with Gasteiger partial charge in [0.15, 0.2) is 0 Å². The molecule has 1 aromatic rings. The number of halogens is 3. The molecule has 0 fully saturated rings. The Bertz CT molecular complexity index is 270. The van der Waals surface area contributed by atoms with E-state index in [1.807, 2.05) is 6.26 Å². The Labute approximate surface area is 77.6 Å². The van der Waals surface area contributed by atoms with Gasteiger partial charge in [-0.2, -0.15) is 24.9 Å². The second-order valence-electron chi connectivity index (χ2n) is 2.35. The van der Waals surface area contributed by atoms with Crippen molar-refractivity contribution < 1.29 is 13.2 Å². The first-order valence-electron chi connectivity index (χ1n) is 3.41. The zero-order chi connectivity index (χ0) is 9.90. The average Bonchev–Trinajstić information content (AvgIpc) is 2.04. The zero-order valence-electron chi connectivity index (χ0n) is 6.80. The molecular weight excluding hydrogens is 201 g/mol. The normalized spacial score (nSPS) is 11.7. The quantitative estimate of drug-likeness (QED) is 0.746. The topological polar surface area (TPSA) is 25.8 Å². The molecule has 0 bridgehead atoms. The molecule has 2 nitrogen and oxygen atoms in total. The van der Waals surface area contributed by atoms with Gasteiger partial charge in [-0.25, -0.2) is 9.97 Å². The van der Waals surface area contributed by atoms with Gasteiger partial charge in [-0.3, -0.25) is 0 Å². The van der Waals surface area contributed by atoms with E-state index in [1.54, 1.807) is 0 Å². The fraction of sp³-hybridized carbons (Fsp3) is 0.429. The van der Waals surface area contributed by atoms with E-state index in [2.05, 4.69) is 9.97 Å². The molecule has 0 unspecified atom stereocenters. The largest absolute Gasteiger partial charge is 0.451 e. The Kier molecular flexibility index (Phi) is 3.13. The molecule has 0 aliphatic rings. The molecule has 0 aliphatic carbocycles. The van der Waals surface area contributed by atoms with Crippen molar-refractivity contribution in [2.75, 3.05) is 6.26 Å². The van der Waals surface area contributed by atoms with E-state index in [9.17, 15) is 13.2 Å². The summed E-state index contributed by atoms with van der Waals surface area (Å²) in [4.78, 5) is 6.44. The smallest absolute Gasteiger partial charge is 0.233 e. The van der Waals surface area contributed by atoms with E-state index in [1.165, 1.54) is 24.2 Å². The first kappa shape index (κ1) is 10.3. The number of thioether (sulfide) groups is 1. The predicted molar refractivity (Wildman–Crippen MR) is 44.3 cm³/mol. The third-order valence-corrected chi connectivity index (χ3v) is 1.89. The molecule has 0 aliphatic heterocycles. The van der Waals surface area contributed by atoms with E-state index in [-0.39, 0.29) is 0 Å². The Morgan fingerprint density at radius 1 is 1.31 bits per heavy atom. The minimum Gasteiger partial charge on any atom is -0.233 e. The molecule has 0 saturated heterocycles. The van der Waals surface area contributed by atoms with Gasteiger partial charge in [0.2, 0.25) is 5.82 Å². The van der Waals surface area contributed by atoms with E-state index < -0.39 is 12.0 Å². The van der Waals surface area contributed by atoms with Crippen LogP contribution in [0.4, 0.5) is 13.2 Å². The standard InChI is InChI=1S/C7H7F3N2S/c1-13-4-5-2-11-6(12-3-5)7(8,9)10/h2-3H,4H2,1H3. The van der Waals surface area contributed by atoms with Crippen molar-refractivity contribution in [3.05, 3.63) is 23.8 Å². The number of rotatable bonds is 2. The second kappa shape index (κ2) is 3.95. The molecule has 0 radical (unpaired) electrons. The Morgan fingerprint density at radius 3 is 2.23 bits per heavy atom. The van der Waals surface area contributed by atoms with E-state index >= 15 is 0 Å². The highest BCUT2D eigenvalue weighted by atomic mass is 32.2. The lowest BCUT2D eigenvalue weighted by Crippen LogP contribution is -2.10. The van der Waals surface area contributed by atoms with Crippen LogP contribution in [0.5, 0.6) is 0 Å². The summed E-state index contributed by atoms with van der Waals surface area (Å²) in [5.74, 6) is -0.463. The van der Waals surface area contributed by atoms with Gasteiger partial charge < -0.3 is 0 Å². The third kappa shape index (κ3) is 2.87. The molecule has 0 saturated carbocycles. The van der Waals surface area contributed by atoms with Gasteiger partial charge in [0.05, 0.1) is 0 Å². The Morgan fingerprint density at radius 2 is 1.85 bits per heavy atom. The van der Waals surface area contributed by atoms with Crippen LogP contribution in [0, 0.1) is 0 Å². The van der Waals surface area contributed by atoms with Gasteiger partial charge in [-0.15, -0.1) is 0 Å². The van der Waals surface area contributed by atoms with Crippen LogP contribution in [0.2, 0.25) is 0 Å². The third-order valence-electron chi connectivity index (χ3n) is 1.27. The minimum absolute atomic E-state index is 0.623. The highest BCUT2D eigenvalue weighted by Crippen LogP contribution is 2.25. The van der Waals surface area contributed by atoms with Gasteiger partial charge in [-0.05, 0) is 11.8 Å².